The Labute approximate surface area is 183 Å². The van der Waals surface area contributed by atoms with Crippen molar-refractivity contribution < 1.29 is 23.5 Å². The van der Waals surface area contributed by atoms with Crippen LogP contribution in [0.25, 0.3) is 0 Å². The topological polar surface area (TPSA) is 113 Å². The average molecular weight is 440 g/mol. The molecule has 0 saturated heterocycles. The van der Waals surface area contributed by atoms with Crippen LogP contribution in [-0.4, -0.2) is 35.1 Å². The predicted octanol–water partition coefficient (Wildman–Crippen LogP) is 3.40. The number of halogens is 2. The Kier molecular flexibility index (Phi) is 7.01. The van der Waals surface area contributed by atoms with Gasteiger partial charge in [0.1, 0.15) is 0 Å². The molecule has 0 heterocycles. The molecule has 32 heavy (non-hydrogen) atoms. The second kappa shape index (κ2) is 9.88. The lowest BCUT2D eigenvalue weighted by atomic mass is 10.1. The maximum Gasteiger partial charge on any atom is 0.329 e. The molecule has 3 aromatic rings. The molecule has 3 amide bonds. The molecule has 0 saturated carbocycles. The van der Waals surface area contributed by atoms with Crippen molar-refractivity contribution in [3.63, 3.8) is 0 Å². The van der Waals surface area contributed by atoms with E-state index in [2.05, 4.69) is 0 Å². The molecule has 9 heteroatoms. The summed E-state index contributed by atoms with van der Waals surface area (Å²) in [6.07, 6.45) is 0. The fourth-order valence-electron chi connectivity index (χ4n) is 3.17. The van der Waals surface area contributed by atoms with E-state index in [1.165, 1.54) is 23.1 Å². The molecule has 0 unspecified atom stereocenters. The minimum Gasteiger partial charge on any atom is -0.397 e. The minimum absolute atomic E-state index is 0.0384. The number of nitrogen functional groups attached to an aromatic ring is 1. The van der Waals surface area contributed by atoms with Gasteiger partial charge in [-0.2, -0.15) is 0 Å². The number of hydrogen-bond donors (Lipinski definition) is 3. The van der Waals surface area contributed by atoms with E-state index in [4.69, 9.17) is 11.5 Å². The first-order valence-corrected chi connectivity index (χ1v) is 9.70. The fourth-order valence-corrected chi connectivity index (χ4v) is 3.17. The summed E-state index contributed by atoms with van der Waals surface area (Å²) in [5.74, 6) is -2.75. The van der Waals surface area contributed by atoms with Crippen LogP contribution in [0, 0.1) is 11.6 Å². The van der Waals surface area contributed by atoms with E-state index >= 15 is 0 Å². The van der Waals surface area contributed by atoms with Crippen molar-refractivity contribution in [3.05, 3.63) is 89.5 Å². The maximum absolute atomic E-state index is 14.0. The van der Waals surface area contributed by atoms with Crippen LogP contribution in [0.3, 0.4) is 0 Å². The number of hydrogen-bond acceptors (Lipinski definition) is 4. The summed E-state index contributed by atoms with van der Waals surface area (Å²) in [5.41, 5.74) is 12.9. The minimum atomic E-state index is -1.12. The molecule has 0 radical (unpaired) electrons. The van der Waals surface area contributed by atoms with Gasteiger partial charge in [0.2, 0.25) is 5.91 Å². The number of aliphatic hydroxyl groups excluding tert-OH is 1. The van der Waals surface area contributed by atoms with E-state index in [9.17, 15) is 23.5 Å². The van der Waals surface area contributed by atoms with Crippen LogP contribution in [0.15, 0.2) is 66.7 Å². The number of benzene rings is 3. The summed E-state index contributed by atoms with van der Waals surface area (Å²) in [5, 5.41) is 9.53. The normalized spacial score (nSPS) is 10.6. The average Bonchev–Trinajstić information content (AvgIpc) is 2.77. The molecule has 0 atom stereocenters. The Hall–Kier alpha value is -3.98. The molecular weight excluding hydrogens is 418 g/mol. The molecule has 7 nitrogen and oxygen atoms in total. The molecule has 0 bridgehead atoms. The van der Waals surface area contributed by atoms with Crippen molar-refractivity contribution in [2.24, 2.45) is 5.73 Å². The molecule has 0 spiro atoms. The molecule has 0 aliphatic carbocycles. The highest BCUT2D eigenvalue weighted by atomic mass is 19.2. The number of nitrogens with zero attached hydrogens (tertiary/aromatic N) is 2. The second-order valence-corrected chi connectivity index (χ2v) is 6.98. The number of rotatable bonds is 7. The van der Waals surface area contributed by atoms with E-state index in [0.29, 0.717) is 11.1 Å². The Morgan fingerprint density at radius 3 is 2.22 bits per heavy atom. The molecular formula is C23H22F2N4O3. The van der Waals surface area contributed by atoms with Crippen LogP contribution in [0.2, 0.25) is 0 Å². The summed E-state index contributed by atoms with van der Waals surface area (Å²) in [7, 11) is 0. The number of amides is 3. The molecule has 3 rings (SSSR count). The highest BCUT2D eigenvalue weighted by Gasteiger charge is 2.26. The summed E-state index contributed by atoms with van der Waals surface area (Å²) in [6.45, 7) is -0.296. The van der Waals surface area contributed by atoms with Gasteiger partial charge in [-0.3, -0.25) is 9.69 Å². The van der Waals surface area contributed by atoms with Gasteiger partial charge in [-0.1, -0.05) is 24.3 Å². The second-order valence-electron chi connectivity index (χ2n) is 6.98. The Morgan fingerprint density at radius 2 is 1.62 bits per heavy atom. The van der Waals surface area contributed by atoms with Gasteiger partial charge in [-0.25, -0.2) is 13.6 Å². The van der Waals surface area contributed by atoms with Gasteiger partial charge in [0.15, 0.2) is 11.6 Å². The van der Waals surface area contributed by atoms with Crippen LogP contribution >= 0.6 is 0 Å². The van der Waals surface area contributed by atoms with Gasteiger partial charge < -0.3 is 21.5 Å². The Morgan fingerprint density at radius 1 is 0.938 bits per heavy atom. The molecule has 0 aromatic heterocycles. The number of para-hydroxylation sites is 2. The molecule has 0 aliphatic rings. The van der Waals surface area contributed by atoms with Gasteiger partial charge in [-0.05, 0) is 42.0 Å². The lowest BCUT2D eigenvalue weighted by molar-refractivity contribution is 0.1000. The third-order valence-electron chi connectivity index (χ3n) is 4.78. The largest absolute Gasteiger partial charge is 0.397 e. The molecule has 5 N–H and O–H groups in total. The first-order chi connectivity index (χ1) is 15.3. The fraction of sp³-hybridized carbons (Fsp3) is 0.130. The summed E-state index contributed by atoms with van der Waals surface area (Å²) in [6, 6.07) is 15.3. The van der Waals surface area contributed by atoms with Gasteiger partial charge >= 0.3 is 6.03 Å². The number of aliphatic hydroxyl groups is 1. The van der Waals surface area contributed by atoms with Gasteiger partial charge in [0.25, 0.3) is 0 Å². The highest BCUT2D eigenvalue weighted by molar-refractivity contribution is 6.02. The maximum atomic E-state index is 14.0. The van der Waals surface area contributed by atoms with Crippen molar-refractivity contribution in [2.45, 2.75) is 6.54 Å². The Bertz CT molecular complexity index is 1120. The van der Waals surface area contributed by atoms with E-state index in [1.54, 1.807) is 36.4 Å². The lowest BCUT2D eigenvalue weighted by Crippen LogP contribution is -2.42. The van der Waals surface area contributed by atoms with Gasteiger partial charge in [-0.15, -0.1) is 0 Å². The number of carbonyl (C=O) groups excluding carboxylic acids is 2. The standard InChI is InChI=1S/C23H22F2N4O3/c24-18-10-9-17(13-19(18)25)29(21-4-2-1-3-20(21)26)23(32)28(11-12-30)14-15-5-7-16(8-6-15)22(27)31/h1-10,13,30H,11-12,14,26H2,(H2,27,31). The van der Waals surface area contributed by atoms with Crippen LogP contribution < -0.4 is 16.4 Å². The third kappa shape index (κ3) is 5.01. The zero-order chi connectivity index (χ0) is 23.3. The van der Waals surface area contributed by atoms with Gasteiger partial charge in [0.05, 0.1) is 23.7 Å². The van der Waals surface area contributed by atoms with E-state index in [1.807, 2.05) is 0 Å². The van der Waals surface area contributed by atoms with Crippen LogP contribution in [0.5, 0.6) is 0 Å². The quantitative estimate of drug-likeness (QED) is 0.489. The summed E-state index contributed by atoms with van der Waals surface area (Å²) < 4.78 is 27.5. The highest BCUT2D eigenvalue weighted by Crippen LogP contribution is 2.32. The number of carbonyl (C=O) groups is 2. The van der Waals surface area contributed by atoms with Crippen LogP contribution in [-0.2, 0) is 6.54 Å². The predicted molar refractivity (Wildman–Crippen MR) is 117 cm³/mol. The third-order valence-corrected chi connectivity index (χ3v) is 4.78. The molecule has 3 aromatic carbocycles. The zero-order valence-electron chi connectivity index (χ0n) is 17.0. The molecule has 166 valence electrons. The summed E-state index contributed by atoms with van der Waals surface area (Å²) >= 11 is 0. The van der Waals surface area contributed by atoms with Crippen molar-refractivity contribution in [3.8, 4) is 0 Å². The van der Waals surface area contributed by atoms with Crippen LogP contribution in [0.4, 0.5) is 30.6 Å². The van der Waals surface area contributed by atoms with Crippen LogP contribution in [0.1, 0.15) is 15.9 Å². The zero-order valence-corrected chi connectivity index (χ0v) is 17.0. The van der Waals surface area contributed by atoms with E-state index in [-0.39, 0.29) is 36.8 Å². The van der Waals surface area contributed by atoms with Crippen molar-refractivity contribution >= 4 is 29.0 Å². The first kappa shape index (κ1) is 22.7. The Balaban J connectivity index is 2.00. The van der Waals surface area contributed by atoms with E-state index < -0.39 is 23.6 Å². The number of primary amides is 1. The summed E-state index contributed by atoms with van der Waals surface area (Å²) in [4.78, 5) is 27.3. The smallest absolute Gasteiger partial charge is 0.329 e. The van der Waals surface area contributed by atoms with Crippen molar-refractivity contribution in [2.75, 3.05) is 23.8 Å². The SMILES string of the molecule is NC(=O)c1ccc(CN(CCO)C(=O)N(c2ccc(F)c(F)c2)c2ccccc2N)cc1. The van der Waals surface area contributed by atoms with Gasteiger partial charge in [0, 0.05) is 24.7 Å². The van der Waals surface area contributed by atoms with E-state index in [0.717, 1.165) is 17.0 Å². The number of nitrogens with two attached hydrogens (primary N) is 2. The van der Waals surface area contributed by atoms with Crippen molar-refractivity contribution in [1.29, 1.82) is 0 Å². The lowest BCUT2D eigenvalue weighted by Gasteiger charge is -2.31. The molecule has 0 fully saturated rings. The number of urea groups is 1. The van der Waals surface area contributed by atoms with Crippen molar-refractivity contribution in [1.82, 2.24) is 4.90 Å². The monoisotopic (exact) mass is 440 g/mol. The number of anilines is 3. The molecule has 0 aliphatic heterocycles. The first-order valence-electron chi connectivity index (χ1n) is 9.70.